The Morgan fingerprint density at radius 3 is 2.81 bits per heavy atom. The molecular formula is C19H19N3O4. The molecule has 0 aromatic heterocycles. The number of non-ortho nitro benzene ring substituents is 1. The lowest BCUT2D eigenvalue weighted by Crippen LogP contribution is -2.24. The molecule has 2 aromatic rings. The minimum absolute atomic E-state index is 0.0148. The van der Waals surface area contributed by atoms with E-state index in [1.165, 1.54) is 18.3 Å². The number of allylic oxidation sites excluding steroid dienone is 1. The maximum absolute atomic E-state index is 11.7. The van der Waals surface area contributed by atoms with Gasteiger partial charge in [0, 0.05) is 18.3 Å². The molecule has 1 N–H and O–H groups in total. The predicted octanol–water partition coefficient (Wildman–Crippen LogP) is 3.41. The van der Waals surface area contributed by atoms with Crippen molar-refractivity contribution < 1.29 is 14.5 Å². The van der Waals surface area contributed by atoms with E-state index >= 15 is 0 Å². The van der Waals surface area contributed by atoms with Gasteiger partial charge in [-0.1, -0.05) is 30.3 Å². The van der Waals surface area contributed by atoms with Crippen molar-refractivity contribution >= 4 is 23.9 Å². The summed E-state index contributed by atoms with van der Waals surface area (Å²) >= 11 is 0. The Morgan fingerprint density at radius 2 is 2.04 bits per heavy atom. The molecule has 0 saturated heterocycles. The van der Waals surface area contributed by atoms with Crippen molar-refractivity contribution in [1.82, 2.24) is 5.43 Å². The molecule has 2 aromatic carbocycles. The molecule has 0 heterocycles. The van der Waals surface area contributed by atoms with Crippen LogP contribution < -0.4 is 10.2 Å². The number of nitrogens with zero attached hydrogens (tertiary/aromatic N) is 2. The number of amides is 1. The molecule has 0 spiro atoms. The number of carbonyl (C=O) groups excluding carboxylic acids is 1. The summed E-state index contributed by atoms with van der Waals surface area (Å²) in [5.74, 6) is 0.278. The fraction of sp³-hybridized carbons (Fsp3) is 0.158. The zero-order chi connectivity index (χ0) is 18.9. The third-order valence-electron chi connectivity index (χ3n) is 3.63. The van der Waals surface area contributed by atoms with Gasteiger partial charge in [-0.2, -0.15) is 5.10 Å². The molecule has 0 radical (unpaired) electrons. The molecule has 0 bridgehead atoms. The van der Waals surface area contributed by atoms with E-state index in [1.54, 1.807) is 30.4 Å². The molecule has 1 amide bonds. The molecule has 0 saturated carbocycles. The summed E-state index contributed by atoms with van der Waals surface area (Å²) in [5, 5.41) is 14.5. The highest BCUT2D eigenvalue weighted by Crippen LogP contribution is 2.20. The number of hydrogen-bond donors (Lipinski definition) is 1. The predicted molar refractivity (Wildman–Crippen MR) is 100 cm³/mol. The number of nitro groups is 1. The smallest absolute Gasteiger partial charge is 0.277 e. The number of nitrogens with one attached hydrogen (secondary N) is 1. The minimum Gasteiger partial charge on any atom is -0.483 e. The Morgan fingerprint density at radius 1 is 1.27 bits per heavy atom. The first kappa shape index (κ1) is 18.9. The van der Waals surface area contributed by atoms with Gasteiger partial charge in [-0.25, -0.2) is 5.43 Å². The molecule has 0 aliphatic rings. The number of rotatable bonds is 7. The van der Waals surface area contributed by atoms with Gasteiger partial charge in [0.15, 0.2) is 6.61 Å². The number of aryl methyl sites for hydroxylation is 1. The monoisotopic (exact) mass is 353 g/mol. The average molecular weight is 353 g/mol. The van der Waals surface area contributed by atoms with Crippen LogP contribution in [0.15, 0.2) is 53.6 Å². The first-order chi connectivity index (χ1) is 12.5. The number of ether oxygens (including phenoxy) is 1. The maximum Gasteiger partial charge on any atom is 0.277 e. The summed E-state index contributed by atoms with van der Waals surface area (Å²) in [5.41, 5.74) is 5.11. The van der Waals surface area contributed by atoms with Crippen LogP contribution in [0.4, 0.5) is 5.69 Å². The van der Waals surface area contributed by atoms with Crippen molar-refractivity contribution in [3.8, 4) is 5.75 Å². The van der Waals surface area contributed by atoms with Crippen LogP contribution in [0.3, 0.4) is 0 Å². The first-order valence-electron chi connectivity index (χ1n) is 7.89. The van der Waals surface area contributed by atoms with Gasteiger partial charge in [-0.3, -0.25) is 14.9 Å². The van der Waals surface area contributed by atoms with E-state index in [-0.39, 0.29) is 18.2 Å². The van der Waals surface area contributed by atoms with Gasteiger partial charge in [0.05, 0.1) is 4.92 Å². The average Bonchev–Trinajstić information content (AvgIpc) is 2.63. The van der Waals surface area contributed by atoms with Crippen molar-refractivity contribution in [2.24, 2.45) is 5.10 Å². The van der Waals surface area contributed by atoms with Crippen LogP contribution in [-0.2, 0) is 4.79 Å². The highest BCUT2D eigenvalue weighted by atomic mass is 16.6. The van der Waals surface area contributed by atoms with E-state index in [2.05, 4.69) is 10.5 Å². The van der Waals surface area contributed by atoms with Gasteiger partial charge in [-0.15, -0.1) is 0 Å². The van der Waals surface area contributed by atoms with Crippen molar-refractivity contribution in [2.45, 2.75) is 13.8 Å². The summed E-state index contributed by atoms with van der Waals surface area (Å²) < 4.78 is 5.47. The zero-order valence-electron chi connectivity index (χ0n) is 14.5. The Kier molecular flexibility index (Phi) is 6.61. The third-order valence-corrected chi connectivity index (χ3v) is 3.63. The highest BCUT2D eigenvalue weighted by Gasteiger charge is 2.05. The zero-order valence-corrected chi connectivity index (χ0v) is 14.5. The van der Waals surface area contributed by atoms with E-state index in [0.717, 1.165) is 11.1 Å². The van der Waals surface area contributed by atoms with Crippen LogP contribution in [0.2, 0.25) is 0 Å². The Balaban J connectivity index is 1.81. The molecular weight excluding hydrogens is 334 g/mol. The molecule has 0 aliphatic carbocycles. The van der Waals surface area contributed by atoms with Crippen LogP contribution in [0, 0.1) is 24.0 Å². The second-order valence-electron chi connectivity index (χ2n) is 5.51. The number of nitro benzene ring substituents is 1. The molecule has 26 heavy (non-hydrogen) atoms. The second-order valence-corrected chi connectivity index (χ2v) is 5.51. The van der Waals surface area contributed by atoms with Crippen LogP contribution in [-0.4, -0.2) is 23.7 Å². The molecule has 0 aliphatic heterocycles. The first-order valence-corrected chi connectivity index (χ1v) is 7.89. The Hall–Kier alpha value is -3.48. The van der Waals surface area contributed by atoms with Gasteiger partial charge in [-0.05, 0) is 42.7 Å². The summed E-state index contributed by atoms with van der Waals surface area (Å²) in [6.07, 6.45) is 4.61. The van der Waals surface area contributed by atoms with Crippen molar-refractivity contribution in [3.63, 3.8) is 0 Å². The SMILES string of the molecule is Cc1cccc(OCC(=O)N/N=C/C=C/c2cccc([N+](=O)[O-])c2)c1C. The lowest BCUT2D eigenvalue weighted by atomic mass is 10.1. The van der Waals surface area contributed by atoms with Crippen molar-refractivity contribution in [3.05, 3.63) is 75.3 Å². The molecule has 7 nitrogen and oxygen atoms in total. The summed E-state index contributed by atoms with van der Waals surface area (Å²) in [6.45, 7) is 3.76. The van der Waals surface area contributed by atoms with Crippen molar-refractivity contribution in [1.29, 1.82) is 0 Å². The topological polar surface area (TPSA) is 93.8 Å². The van der Waals surface area contributed by atoms with E-state index in [1.807, 2.05) is 26.0 Å². The third kappa shape index (κ3) is 5.55. The quantitative estimate of drug-likeness (QED) is 0.469. The molecule has 0 fully saturated rings. The Labute approximate surface area is 151 Å². The van der Waals surface area contributed by atoms with Gasteiger partial charge in [0.25, 0.3) is 11.6 Å². The van der Waals surface area contributed by atoms with Crippen LogP contribution in [0.25, 0.3) is 6.08 Å². The standard InChI is InChI=1S/C19H19N3O4/c1-14-6-3-10-18(15(14)2)26-13-19(23)21-20-11-5-8-16-7-4-9-17(12-16)22(24)25/h3-12H,13H2,1-2H3,(H,21,23)/b8-5+,20-11+. The van der Waals surface area contributed by atoms with Crippen LogP contribution in [0.1, 0.15) is 16.7 Å². The summed E-state index contributed by atoms with van der Waals surface area (Å²) in [6, 6.07) is 11.8. The lowest BCUT2D eigenvalue weighted by molar-refractivity contribution is -0.384. The molecule has 0 unspecified atom stereocenters. The van der Waals surface area contributed by atoms with Gasteiger partial charge in [0.2, 0.25) is 0 Å². The number of benzene rings is 2. The highest BCUT2D eigenvalue weighted by molar-refractivity contribution is 5.82. The number of hydrazone groups is 1. The second kappa shape index (κ2) is 9.12. The fourth-order valence-corrected chi connectivity index (χ4v) is 2.10. The summed E-state index contributed by atoms with van der Waals surface area (Å²) in [4.78, 5) is 22.0. The van der Waals surface area contributed by atoms with E-state index in [4.69, 9.17) is 4.74 Å². The largest absolute Gasteiger partial charge is 0.483 e. The van der Waals surface area contributed by atoms with E-state index in [9.17, 15) is 14.9 Å². The minimum atomic E-state index is -0.457. The van der Waals surface area contributed by atoms with Crippen LogP contribution in [0.5, 0.6) is 5.75 Å². The van der Waals surface area contributed by atoms with Crippen molar-refractivity contribution in [2.75, 3.05) is 6.61 Å². The normalized spacial score (nSPS) is 11.0. The molecule has 0 atom stereocenters. The number of hydrogen-bond acceptors (Lipinski definition) is 5. The fourth-order valence-electron chi connectivity index (χ4n) is 2.10. The summed E-state index contributed by atoms with van der Waals surface area (Å²) in [7, 11) is 0. The molecule has 2 rings (SSSR count). The van der Waals surface area contributed by atoms with Gasteiger partial charge >= 0.3 is 0 Å². The van der Waals surface area contributed by atoms with E-state index in [0.29, 0.717) is 11.3 Å². The Bertz CT molecular complexity index is 860. The molecule has 7 heteroatoms. The van der Waals surface area contributed by atoms with E-state index < -0.39 is 4.92 Å². The lowest BCUT2D eigenvalue weighted by Gasteiger charge is -2.09. The van der Waals surface area contributed by atoms with Crippen LogP contribution >= 0.6 is 0 Å². The van der Waals surface area contributed by atoms with Gasteiger partial charge < -0.3 is 4.74 Å². The van der Waals surface area contributed by atoms with Gasteiger partial charge in [0.1, 0.15) is 5.75 Å². The maximum atomic E-state index is 11.7. The molecule has 134 valence electrons. The number of carbonyl (C=O) groups is 1.